The maximum absolute atomic E-state index is 12.0. The van der Waals surface area contributed by atoms with Crippen LogP contribution in [0.5, 0.6) is 0 Å². The first-order chi connectivity index (χ1) is 8.25. The highest BCUT2D eigenvalue weighted by Gasteiger charge is 2.21. The van der Waals surface area contributed by atoms with E-state index in [-0.39, 0.29) is 17.9 Å². The van der Waals surface area contributed by atoms with Crippen LogP contribution in [0.3, 0.4) is 0 Å². The number of nitrogens with zero attached hydrogens (tertiary/aromatic N) is 2. The van der Waals surface area contributed by atoms with Gasteiger partial charge in [0.1, 0.15) is 0 Å². The molecule has 0 aliphatic carbocycles. The molecule has 1 amide bonds. The van der Waals surface area contributed by atoms with E-state index in [0.29, 0.717) is 0 Å². The predicted octanol–water partition coefficient (Wildman–Crippen LogP) is 0.387. The van der Waals surface area contributed by atoms with Gasteiger partial charge in [0.05, 0.1) is 12.2 Å². The summed E-state index contributed by atoms with van der Waals surface area (Å²) >= 11 is 0. The monoisotopic (exact) mass is 236 g/mol. The second-order valence-corrected chi connectivity index (χ2v) is 4.71. The normalized spacial score (nSPS) is 22.1. The summed E-state index contributed by atoms with van der Waals surface area (Å²) in [4.78, 5) is 15.9. The number of amides is 1. The minimum absolute atomic E-state index is 0.133. The van der Waals surface area contributed by atoms with Gasteiger partial charge in [-0.25, -0.2) is 4.98 Å². The fourth-order valence-electron chi connectivity index (χ4n) is 2.19. The van der Waals surface area contributed by atoms with E-state index in [2.05, 4.69) is 15.6 Å². The maximum atomic E-state index is 12.0. The van der Waals surface area contributed by atoms with Crippen molar-refractivity contribution in [2.45, 2.75) is 32.4 Å². The van der Waals surface area contributed by atoms with Crippen molar-refractivity contribution in [3.05, 3.63) is 18.7 Å². The fraction of sp³-hybridized carbons (Fsp3) is 0.667. The van der Waals surface area contributed by atoms with Crippen LogP contribution in [0, 0.1) is 5.92 Å². The van der Waals surface area contributed by atoms with E-state index >= 15 is 0 Å². The molecule has 5 nitrogen and oxygen atoms in total. The average Bonchev–Trinajstić information content (AvgIpc) is 2.82. The first kappa shape index (κ1) is 12.1. The second-order valence-electron chi connectivity index (χ2n) is 4.71. The molecule has 17 heavy (non-hydrogen) atoms. The van der Waals surface area contributed by atoms with Crippen LogP contribution in [0.1, 0.15) is 19.8 Å². The molecule has 1 aromatic heterocycles. The molecule has 0 radical (unpaired) electrons. The summed E-state index contributed by atoms with van der Waals surface area (Å²) in [6, 6.07) is 0.138. The number of carbonyl (C=O) groups is 1. The van der Waals surface area contributed by atoms with Gasteiger partial charge in [-0.1, -0.05) is 0 Å². The predicted molar refractivity (Wildman–Crippen MR) is 65.4 cm³/mol. The number of imidazole rings is 1. The van der Waals surface area contributed by atoms with E-state index in [0.717, 1.165) is 32.5 Å². The third-order valence-corrected chi connectivity index (χ3v) is 3.10. The summed E-state index contributed by atoms with van der Waals surface area (Å²) in [6.45, 7) is 4.64. The number of hydrogen-bond acceptors (Lipinski definition) is 3. The molecule has 1 saturated heterocycles. The Morgan fingerprint density at radius 1 is 1.71 bits per heavy atom. The van der Waals surface area contributed by atoms with Crippen molar-refractivity contribution in [2.75, 3.05) is 13.1 Å². The topological polar surface area (TPSA) is 59.0 Å². The van der Waals surface area contributed by atoms with Crippen molar-refractivity contribution in [3.63, 3.8) is 0 Å². The molecule has 2 atom stereocenters. The number of carbonyl (C=O) groups excluding carboxylic acids is 1. The smallest absolute Gasteiger partial charge is 0.224 e. The van der Waals surface area contributed by atoms with Crippen molar-refractivity contribution in [3.8, 4) is 0 Å². The molecular formula is C12H20N4O. The fourth-order valence-corrected chi connectivity index (χ4v) is 2.19. The zero-order chi connectivity index (χ0) is 12.1. The Morgan fingerprint density at radius 3 is 3.24 bits per heavy atom. The zero-order valence-electron chi connectivity index (χ0n) is 10.2. The molecular weight excluding hydrogens is 216 g/mol. The first-order valence-electron chi connectivity index (χ1n) is 6.22. The van der Waals surface area contributed by atoms with Crippen LogP contribution in [0.2, 0.25) is 0 Å². The van der Waals surface area contributed by atoms with Gasteiger partial charge in [-0.3, -0.25) is 4.79 Å². The van der Waals surface area contributed by atoms with E-state index in [4.69, 9.17) is 0 Å². The van der Waals surface area contributed by atoms with Gasteiger partial charge in [0, 0.05) is 31.5 Å². The van der Waals surface area contributed by atoms with Crippen LogP contribution in [0.25, 0.3) is 0 Å². The van der Waals surface area contributed by atoms with Gasteiger partial charge in [-0.2, -0.15) is 0 Å². The summed E-state index contributed by atoms with van der Waals surface area (Å²) < 4.78 is 1.98. The molecule has 0 aromatic carbocycles. The Bertz CT molecular complexity index is 343. The summed E-state index contributed by atoms with van der Waals surface area (Å²) in [5.74, 6) is 0.304. The van der Waals surface area contributed by atoms with Gasteiger partial charge in [-0.15, -0.1) is 0 Å². The highest BCUT2D eigenvalue weighted by atomic mass is 16.2. The van der Waals surface area contributed by atoms with Crippen LogP contribution in [0.4, 0.5) is 0 Å². The quantitative estimate of drug-likeness (QED) is 0.795. The number of rotatable bonds is 4. The Morgan fingerprint density at radius 2 is 2.59 bits per heavy atom. The number of piperidine rings is 1. The molecule has 1 aliphatic rings. The SMILES string of the molecule is CC(Cn1ccnc1)NC(=O)C1CCCNC1. The molecule has 1 fully saturated rings. The lowest BCUT2D eigenvalue weighted by atomic mass is 9.98. The lowest BCUT2D eigenvalue weighted by Crippen LogP contribution is -2.44. The third kappa shape index (κ3) is 3.56. The summed E-state index contributed by atoms with van der Waals surface area (Å²) in [6.07, 6.45) is 7.51. The highest BCUT2D eigenvalue weighted by Crippen LogP contribution is 2.10. The molecule has 0 bridgehead atoms. The lowest BCUT2D eigenvalue weighted by molar-refractivity contribution is -0.126. The maximum Gasteiger partial charge on any atom is 0.224 e. The molecule has 94 valence electrons. The lowest BCUT2D eigenvalue weighted by Gasteiger charge is -2.24. The van der Waals surface area contributed by atoms with Gasteiger partial charge in [0.2, 0.25) is 5.91 Å². The number of nitrogens with one attached hydrogen (secondary N) is 2. The molecule has 2 unspecified atom stereocenters. The Kier molecular flexibility index (Phi) is 4.14. The minimum Gasteiger partial charge on any atom is -0.352 e. The van der Waals surface area contributed by atoms with Gasteiger partial charge in [0.25, 0.3) is 0 Å². The van der Waals surface area contributed by atoms with Crippen LogP contribution in [-0.2, 0) is 11.3 Å². The summed E-state index contributed by atoms with van der Waals surface area (Å²) in [5.41, 5.74) is 0. The van der Waals surface area contributed by atoms with Crippen molar-refractivity contribution in [1.82, 2.24) is 20.2 Å². The van der Waals surface area contributed by atoms with E-state index in [9.17, 15) is 4.79 Å². The molecule has 0 spiro atoms. The van der Waals surface area contributed by atoms with Crippen LogP contribution in [0.15, 0.2) is 18.7 Å². The van der Waals surface area contributed by atoms with Gasteiger partial charge >= 0.3 is 0 Å². The van der Waals surface area contributed by atoms with E-state index in [1.54, 1.807) is 12.5 Å². The van der Waals surface area contributed by atoms with E-state index < -0.39 is 0 Å². The van der Waals surface area contributed by atoms with E-state index in [1.807, 2.05) is 17.7 Å². The molecule has 5 heteroatoms. The van der Waals surface area contributed by atoms with Gasteiger partial charge in [0.15, 0.2) is 0 Å². The molecule has 2 heterocycles. The Balaban J connectivity index is 1.77. The van der Waals surface area contributed by atoms with Gasteiger partial charge in [-0.05, 0) is 26.3 Å². The van der Waals surface area contributed by atoms with Crippen molar-refractivity contribution in [1.29, 1.82) is 0 Å². The Hall–Kier alpha value is -1.36. The molecule has 2 N–H and O–H groups in total. The second kappa shape index (κ2) is 5.82. The Labute approximate surface area is 102 Å². The number of hydrogen-bond donors (Lipinski definition) is 2. The van der Waals surface area contributed by atoms with Crippen molar-refractivity contribution >= 4 is 5.91 Å². The largest absolute Gasteiger partial charge is 0.352 e. The third-order valence-electron chi connectivity index (χ3n) is 3.10. The average molecular weight is 236 g/mol. The first-order valence-corrected chi connectivity index (χ1v) is 6.22. The van der Waals surface area contributed by atoms with Crippen molar-refractivity contribution in [2.24, 2.45) is 5.92 Å². The van der Waals surface area contributed by atoms with Crippen LogP contribution in [-0.4, -0.2) is 34.6 Å². The summed E-state index contributed by atoms with van der Waals surface area (Å²) in [7, 11) is 0. The number of aromatic nitrogens is 2. The molecule has 2 rings (SSSR count). The van der Waals surface area contributed by atoms with Crippen molar-refractivity contribution < 1.29 is 4.79 Å². The zero-order valence-corrected chi connectivity index (χ0v) is 10.2. The highest BCUT2D eigenvalue weighted by molar-refractivity contribution is 5.79. The van der Waals surface area contributed by atoms with E-state index in [1.165, 1.54) is 0 Å². The minimum atomic E-state index is 0.133. The standard InChI is InChI=1S/C12H20N4O/c1-10(8-16-6-5-14-9-16)15-12(17)11-3-2-4-13-7-11/h5-6,9-11,13H,2-4,7-8H2,1H3,(H,15,17). The molecule has 1 aromatic rings. The van der Waals surface area contributed by atoms with Crippen LogP contribution >= 0.6 is 0 Å². The van der Waals surface area contributed by atoms with Crippen LogP contribution < -0.4 is 10.6 Å². The molecule has 0 saturated carbocycles. The van der Waals surface area contributed by atoms with Gasteiger partial charge < -0.3 is 15.2 Å². The molecule has 1 aliphatic heterocycles. The summed E-state index contributed by atoms with van der Waals surface area (Å²) in [5, 5.41) is 6.32.